The van der Waals surface area contributed by atoms with E-state index in [9.17, 15) is 13.2 Å². The second kappa shape index (κ2) is 8.14. The Morgan fingerprint density at radius 2 is 1.39 bits per heavy atom. The Morgan fingerprint density at radius 3 is 1.96 bits per heavy atom. The number of nitrogens with one attached hydrogen (secondary N) is 2. The van der Waals surface area contributed by atoms with Crippen molar-refractivity contribution in [1.29, 1.82) is 0 Å². The van der Waals surface area contributed by atoms with E-state index < -0.39 is 10.0 Å². The number of benzene rings is 3. The lowest BCUT2D eigenvalue weighted by molar-refractivity contribution is 0.102. The minimum Gasteiger partial charge on any atom is -0.497 e. The van der Waals surface area contributed by atoms with Gasteiger partial charge >= 0.3 is 0 Å². The zero-order chi connectivity index (χ0) is 20.1. The van der Waals surface area contributed by atoms with Crippen LogP contribution in [0.2, 0.25) is 0 Å². The van der Waals surface area contributed by atoms with E-state index in [4.69, 9.17) is 4.74 Å². The Morgan fingerprint density at radius 1 is 0.821 bits per heavy atom. The third kappa shape index (κ3) is 4.69. The van der Waals surface area contributed by atoms with Crippen LogP contribution in [0.25, 0.3) is 0 Å². The van der Waals surface area contributed by atoms with Gasteiger partial charge in [-0.1, -0.05) is 17.7 Å². The quantitative estimate of drug-likeness (QED) is 0.658. The molecular formula is C21H20N2O4S. The molecule has 3 aromatic carbocycles. The maximum absolute atomic E-state index is 12.5. The van der Waals surface area contributed by atoms with E-state index >= 15 is 0 Å². The summed E-state index contributed by atoms with van der Waals surface area (Å²) < 4.78 is 32.6. The number of hydrogen-bond acceptors (Lipinski definition) is 4. The van der Waals surface area contributed by atoms with Crippen LogP contribution in [0.4, 0.5) is 11.4 Å². The highest BCUT2D eigenvalue weighted by Gasteiger charge is 2.14. The van der Waals surface area contributed by atoms with Crippen LogP contribution in [0.3, 0.4) is 0 Å². The van der Waals surface area contributed by atoms with Crippen LogP contribution in [0.1, 0.15) is 15.9 Å². The van der Waals surface area contributed by atoms with Gasteiger partial charge in [-0.2, -0.15) is 0 Å². The van der Waals surface area contributed by atoms with Gasteiger partial charge in [0.25, 0.3) is 15.9 Å². The lowest BCUT2D eigenvalue weighted by atomic mass is 10.1. The average molecular weight is 396 g/mol. The lowest BCUT2D eigenvalue weighted by Crippen LogP contribution is -2.14. The molecule has 2 N–H and O–H groups in total. The topological polar surface area (TPSA) is 84.5 Å². The summed E-state index contributed by atoms with van der Waals surface area (Å²) >= 11 is 0. The smallest absolute Gasteiger partial charge is 0.261 e. The minimum absolute atomic E-state index is 0.0941. The lowest BCUT2D eigenvalue weighted by Gasteiger charge is -2.10. The van der Waals surface area contributed by atoms with E-state index in [0.717, 1.165) is 5.56 Å². The molecule has 0 unspecified atom stereocenters. The van der Waals surface area contributed by atoms with Gasteiger partial charge in [0, 0.05) is 16.9 Å². The van der Waals surface area contributed by atoms with Crippen molar-refractivity contribution in [2.24, 2.45) is 0 Å². The SMILES string of the molecule is COc1ccc(NS(=O)(=O)c2ccc(NC(=O)c3ccc(C)cc3)cc2)cc1. The fraction of sp³-hybridized carbons (Fsp3) is 0.0952. The summed E-state index contributed by atoms with van der Waals surface area (Å²) in [5.41, 5.74) is 2.53. The number of aryl methyl sites for hydroxylation is 1. The Kier molecular flexibility index (Phi) is 5.65. The van der Waals surface area contributed by atoms with Gasteiger partial charge in [0.2, 0.25) is 0 Å². The number of hydrogen-bond donors (Lipinski definition) is 2. The zero-order valence-electron chi connectivity index (χ0n) is 15.5. The fourth-order valence-corrected chi connectivity index (χ4v) is 3.56. The molecule has 0 aliphatic heterocycles. The maximum Gasteiger partial charge on any atom is 0.261 e. The predicted molar refractivity (Wildman–Crippen MR) is 109 cm³/mol. The molecule has 0 fully saturated rings. The largest absolute Gasteiger partial charge is 0.497 e. The Labute approximate surface area is 164 Å². The van der Waals surface area contributed by atoms with Crippen molar-refractivity contribution in [3.63, 3.8) is 0 Å². The van der Waals surface area contributed by atoms with Gasteiger partial charge in [-0.15, -0.1) is 0 Å². The first-order valence-electron chi connectivity index (χ1n) is 8.52. The molecule has 0 saturated carbocycles. The number of sulfonamides is 1. The average Bonchev–Trinajstić information content (AvgIpc) is 2.69. The van der Waals surface area contributed by atoms with E-state index in [1.807, 2.05) is 19.1 Å². The van der Waals surface area contributed by atoms with Crippen LogP contribution in [0.15, 0.2) is 77.7 Å². The highest BCUT2D eigenvalue weighted by atomic mass is 32.2. The van der Waals surface area contributed by atoms with Crippen LogP contribution in [-0.2, 0) is 10.0 Å². The highest BCUT2D eigenvalue weighted by molar-refractivity contribution is 7.92. The number of carbonyl (C=O) groups excluding carboxylic acids is 1. The van der Waals surface area contributed by atoms with Crippen LogP contribution in [-0.4, -0.2) is 21.4 Å². The van der Waals surface area contributed by atoms with Gasteiger partial charge in [-0.25, -0.2) is 8.42 Å². The number of methoxy groups -OCH3 is 1. The summed E-state index contributed by atoms with van der Waals surface area (Å²) in [7, 11) is -2.20. The molecule has 1 amide bonds. The van der Waals surface area contributed by atoms with Crippen LogP contribution in [0, 0.1) is 6.92 Å². The van der Waals surface area contributed by atoms with Gasteiger partial charge in [0.15, 0.2) is 0 Å². The van der Waals surface area contributed by atoms with Crippen LogP contribution >= 0.6 is 0 Å². The molecule has 28 heavy (non-hydrogen) atoms. The molecule has 0 aliphatic rings. The first-order chi connectivity index (χ1) is 13.4. The van der Waals surface area contributed by atoms with Crippen molar-refractivity contribution < 1.29 is 17.9 Å². The Bertz CT molecular complexity index is 1060. The molecule has 7 heteroatoms. The zero-order valence-corrected chi connectivity index (χ0v) is 16.3. The summed E-state index contributed by atoms with van der Waals surface area (Å²) in [6.45, 7) is 1.95. The third-order valence-electron chi connectivity index (χ3n) is 4.08. The summed E-state index contributed by atoms with van der Waals surface area (Å²) in [5.74, 6) is 0.378. The molecule has 0 atom stereocenters. The van der Waals surface area contributed by atoms with Crippen molar-refractivity contribution >= 4 is 27.3 Å². The second-order valence-electron chi connectivity index (χ2n) is 6.18. The number of anilines is 2. The predicted octanol–water partition coefficient (Wildman–Crippen LogP) is 4.06. The third-order valence-corrected chi connectivity index (χ3v) is 5.48. The summed E-state index contributed by atoms with van der Waals surface area (Å²) in [5, 5.41) is 2.75. The molecule has 0 heterocycles. The van der Waals surface area contributed by atoms with Crippen molar-refractivity contribution in [1.82, 2.24) is 0 Å². The summed E-state index contributed by atoms with van der Waals surface area (Å²) in [4.78, 5) is 12.3. The van der Waals surface area contributed by atoms with Crippen LogP contribution < -0.4 is 14.8 Å². The molecule has 0 bridgehead atoms. The molecule has 0 spiro atoms. The van der Waals surface area contributed by atoms with E-state index in [1.54, 1.807) is 55.6 Å². The number of carbonyl (C=O) groups is 1. The Balaban J connectivity index is 1.70. The van der Waals surface area contributed by atoms with E-state index in [1.165, 1.54) is 12.1 Å². The van der Waals surface area contributed by atoms with Crippen molar-refractivity contribution in [2.75, 3.05) is 17.1 Å². The monoisotopic (exact) mass is 396 g/mol. The van der Waals surface area contributed by atoms with Gasteiger partial charge in [0.05, 0.1) is 12.0 Å². The van der Waals surface area contributed by atoms with E-state index in [-0.39, 0.29) is 10.8 Å². The van der Waals surface area contributed by atoms with Gasteiger partial charge < -0.3 is 10.1 Å². The molecule has 6 nitrogen and oxygen atoms in total. The number of rotatable bonds is 6. The first kappa shape index (κ1) is 19.4. The second-order valence-corrected chi connectivity index (χ2v) is 7.86. The first-order valence-corrected chi connectivity index (χ1v) is 10.0. The van der Waals surface area contributed by atoms with Crippen molar-refractivity contribution in [2.45, 2.75) is 11.8 Å². The summed E-state index contributed by atoms with van der Waals surface area (Å²) in [6, 6.07) is 19.7. The highest BCUT2D eigenvalue weighted by Crippen LogP contribution is 2.21. The number of amides is 1. The molecule has 3 aromatic rings. The summed E-state index contributed by atoms with van der Waals surface area (Å²) in [6.07, 6.45) is 0. The maximum atomic E-state index is 12.5. The standard InChI is InChI=1S/C21H20N2O4S/c1-15-3-5-16(6-4-15)21(24)22-17-9-13-20(14-10-17)28(25,26)23-18-7-11-19(27-2)12-8-18/h3-14,23H,1-2H3,(H,22,24). The molecule has 144 valence electrons. The van der Waals surface area contributed by atoms with Gasteiger partial charge in [-0.05, 0) is 67.6 Å². The number of ether oxygens (including phenoxy) is 1. The van der Waals surface area contributed by atoms with Crippen LogP contribution in [0.5, 0.6) is 5.75 Å². The van der Waals surface area contributed by atoms with Gasteiger partial charge in [-0.3, -0.25) is 9.52 Å². The van der Waals surface area contributed by atoms with Crippen molar-refractivity contribution in [3.05, 3.63) is 83.9 Å². The molecular weight excluding hydrogens is 376 g/mol. The molecule has 0 radical (unpaired) electrons. The fourth-order valence-electron chi connectivity index (χ4n) is 2.50. The Hall–Kier alpha value is -3.32. The van der Waals surface area contributed by atoms with E-state index in [2.05, 4.69) is 10.0 Å². The molecule has 0 aliphatic carbocycles. The molecule has 3 rings (SSSR count). The van der Waals surface area contributed by atoms with E-state index in [0.29, 0.717) is 22.7 Å². The molecule has 0 saturated heterocycles. The van der Waals surface area contributed by atoms with Crippen molar-refractivity contribution in [3.8, 4) is 5.75 Å². The van der Waals surface area contributed by atoms with Gasteiger partial charge in [0.1, 0.15) is 5.75 Å². The minimum atomic E-state index is -3.74. The molecule has 0 aromatic heterocycles. The normalized spacial score (nSPS) is 10.9.